The van der Waals surface area contributed by atoms with Crippen molar-refractivity contribution in [2.75, 3.05) is 0 Å². The number of halogens is 3. The highest BCUT2D eigenvalue weighted by atomic mass is 19.1. The molecule has 0 spiro atoms. The van der Waals surface area contributed by atoms with Crippen LogP contribution in [0.2, 0.25) is 0 Å². The largest absolute Gasteiger partial charge is 0.338 e. The van der Waals surface area contributed by atoms with Crippen LogP contribution in [0.25, 0.3) is 0 Å². The van der Waals surface area contributed by atoms with Gasteiger partial charge in [-0.15, -0.1) is 6.42 Å². The Balaban J connectivity index is 3.02. The summed E-state index contributed by atoms with van der Waals surface area (Å²) in [5.41, 5.74) is -0.836. The molecule has 1 unspecified atom stereocenters. The molecule has 0 radical (unpaired) electrons. The van der Waals surface area contributed by atoms with Crippen molar-refractivity contribution in [3.63, 3.8) is 0 Å². The van der Waals surface area contributed by atoms with Gasteiger partial charge in [0.15, 0.2) is 0 Å². The minimum absolute atomic E-state index is 0.0921. The fraction of sp³-hybridized carbons (Fsp3) is 0.308. The normalized spacial score (nSPS) is 12.1. The van der Waals surface area contributed by atoms with Crippen molar-refractivity contribution in [2.45, 2.75) is 19.9 Å². The van der Waals surface area contributed by atoms with E-state index in [9.17, 15) is 18.0 Å². The first-order valence-electron chi connectivity index (χ1n) is 5.28. The number of hydrogen-bond acceptors (Lipinski definition) is 1. The van der Waals surface area contributed by atoms with Gasteiger partial charge in [0.1, 0.15) is 23.0 Å². The van der Waals surface area contributed by atoms with Gasteiger partial charge >= 0.3 is 0 Å². The molecule has 0 aliphatic carbocycles. The average Bonchev–Trinajstić information content (AvgIpc) is 2.23. The maximum atomic E-state index is 13.3. The van der Waals surface area contributed by atoms with Crippen LogP contribution in [0.15, 0.2) is 12.1 Å². The molecule has 0 fully saturated rings. The Hall–Kier alpha value is -1.96. The van der Waals surface area contributed by atoms with Gasteiger partial charge < -0.3 is 5.32 Å². The molecule has 2 nitrogen and oxygen atoms in total. The number of amides is 1. The van der Waals surface area contributed by atoms with Crippen LogP contribution in [0.3, 0.4) is 0 Å². The van der Waals surface area contributed by atoms with Gasteiger partial charge in [0.05, 0.1) is 6.04 Å². The molecule has 0 bridgehead atoms. The third-order valence-corrected chi connectivity index (χ3v) is 2.37. The molecule has 1 aromatic carbocycles. The van der Waals surface area contributed by atoms with Crippen LogP contribution in [0, 0.1) is 35.7 Å². The highest BCUT2D eigenvalue weighted by Crippen LogP contribution is 2.15. The molecule has 0 heterocycles. The molecule has 5 heteroatoms. The van der Waals surface area contributed by atoms with Crippen molar-refractivity contribution in [1.29, 1.82) is 0 Å². The summed E-state index contributed by atoms with van der Waals surface area (Å²) in [5, 5.41) is 2.31. The van der Waals surface area contributed by atoms with E-state index in [2.05, 4.69) is 11.2 Å². The van der Waals surface area contributed by atoms with Crippen LogP contribution in [-0.4, -0.2) is 11.9 Å². The predicted molar refractivity (Wildman–Crippen MR) is 61.2 cm³/mol. The van der Waals surface area contributed by atoms with E-state index >= 15 is 0 Å². The number of carbonyl (C=O) groups excluding carboxylic acids is 1. The van der Waals surface area contributed by atoms with Crippen molar-refractivity contribution in [1.82, 2.24) is 5.32 Å². The van der Waals surface area contributed by atoms with E-state index in [-0.39, 0.29) is 5.92 Å². The van der Waals surface area contributed by atoms with E-state index in [4.69, 9.17) is 6.42 Å². The van der Waals surface area contributed by atoms with Gasteiger partial charge in [-0.05, 0) is 5.92 Å². The maximum Gasteiger partial charge on any atom is 0.258 e. The lowest BCUT2D eigenvalue weighted by Crippen LogP contribution is -2.38. The SMILES string of the molecule is C#CC(NC(=O)c1c(F)cc(F)cc1F)C(C)C. The Morgan fingerprint density at radius 2 is 1.78 bits per heavy atom. The second-order valence-electron chi connectivity index (χ2n) is 4.11. The van der Waals surface area contributed by atoms with Crippen LogP contribution < -0.4 is 5.32 Å². The number of rotatable bonds is 3. The second kappa shape index (κ2) is 5.58. The zero-order valence-electron chi connectivity index (χ0n) is 9.93. The molecule has 0 aromatic heterocycles. The van der Waals surface area contributed by atoms with Crippen molar-refractivity contribution < 1.29 is 18.0 Å². The summed E-state index contributed by atoms with van der Waals surface area (Å²) in [6.07, 6.45) is 5.19. The molecule has 1 atom stereocenters. The lowest BCUT2D eigenvalue weighted by Gasteiger charge is -2.17. The van der Waals surface area contributed by atoms with Gasteiger partial charge in [0, 0.05) is 12.1 Å². The molecule has 1 amide bonds. The van der Waals surface area contributed by atoms with E-state index in [0.29, 0.717) is 12.1 Å². The number of hydrogen-bond donors (Lipinski definition) is 1. The molecule has 96 valence electrons. The van der Waals surface area contributed by atoms with E-state index < -0.39 is 35.0 Å². The molecule has 0 saturated heterocycles. The monoisotopic (exact) mass is 255 g/mol. The number of nitrogens with one attached hydrogen (secondary N) is 1. The first kappa shape index (κ1) is 14.1. The van der Waals surface area contributed by atoms with Gasteiger partial charge in [-0.1, -0.05) is 19.8 Å². The van der Waals surface area contributed by atoms with Crippen LogP contribution in [0.5, 0.6) is 0 Å². The standard InChI is InChI=1S/C13H12F3NO/c1-4-11(7(2)3)17-13(18)12-9(15)5-8(14)6-10(12)16/h1,5-7,11H,2-3H3,(H,17,18). The van der Waals surface area contributed by atoms with Crippen molar-refractivity contribution in [3.8, 4) is 12.3 Å². The zero-order valence-corrected chi connectivity index (χ0v) is 9.93. The van der Waals surface area contributed by atoms with Gasteiger partial charge in [0.25, 0.3) is 5.91 Å². The third-order valence-electron chi connectivity index (χ3n) is 2.37. The fourth-order valence-electron chi connectivity index (χ4n) is 1.37. The zero-order chi connectivity index (χ0) is 13.9. The Morgan fingerprint density at radius 3 is 2.17 bits per heavy atom. The summed E-state index contributed by atoms with van der Waals surface area (Å²) >= 11 is 0. The van der Waals surface area contributed by atoms with Crippen LogP contribution >= 0.6 is 0 Å². The fourth-order valence-corrected chi connectivity index (χ4v) is 1.37. The summed E-state index contributed by atoms with van der Waals surface area (Å²) in [6.45, 7) is 3.50. The quantitative estimate of drug-likeness (QED) is 0.826. The summed E-state index contributed by atoms with van der Waals surface area (Å²) in [7, 11) is 0. The van der Waals surface area contributed by atoms with E-state index in [0.717, 1.165) is 0 Å². The minimum Gasteiger partial charge on any atom is -0.338 e. The third kappa shape index (κ3) is 3.04. The van der Waals surface area contributed by atoms with E-state index in [1.54, 1.807) is 13.8 Å². The highest BCUT2D eigenvalue weighted by molar-refractivity contribution is 5.95. The van der Waals surface area contributed by atoms with Crippen LogP contribution in [-0.2, 0) is 0 Å². The molecule has 0 aliphatic rings. The van der Waals surface area contributed by atoms with E-state index in [1.807, 2.05) is 0 Å². The second-order valence-corrected chi connectivity index (χ2v) is 4.11. The topological polar surface area (TPSA) is 29.1 Å². The van der Waals surface area contributed by atoms with Crippen molar-refractivity contribution in [2.24, 2.45) is 5.92 Å². The first-order valence-corrected chi connectivity index (χ1v) is 5.28. The molecule has 0 saturated carbocycles. The molecular weight excluding hydrogens is 243 g/mol. The molecular formula is C13H12F3NO. The van der Waals surface area contributed by atoms with Gasteiger partial charge in [-0.25, -0.2) is 13.2 Å². The molecule has 18 heavy (non-hydrogen) atoms. The first-order chi connectivity index (χ1) is 8.36. The van der Waals surface area contributed by atoms with Gasteiger partial charge in [-0.2, -0.15) is 0 Å². The Morgan fingerprint density at radius 1 is 1.28 bits per heavy atom. The van der Waals surface area contributed by atoms with Crippen LogP contribution in [0.1, 0.15) is 24.2 Å². The molecule has 1 rings (SSSR count). The summed E-state index contributed by atoms with van der Waals surface area (Å²) in [5.74, 6) is -2.39. The van der Waals surface area contributed by atoms with Crippen LogP contribution in [0.4, 0.5) is 13.2 Å². The summed E-state index contributed by atoms with van der Waals surface area (Å²) in [6, 6.07) is 0.234. The van der Waals surface area contributed by atoms with Crippen molar-refractivity contribution >= 4 is 5.91 Å². The Labute approximate surface area is 103 Å². The number of terminal acetylenes is 1. The molecule has 1 N–H and O–H groups in total. The average molecular weight is 255 g/mol. The number of benzene rings is 1. The van der Waals surface area contributed by atoms with Gasteiger partial charge in [0.2, 0.25) is 0 Å². The number of carbonyl (C=O) groups is 1. The van der Waals surface area contributed by atoms with Crippen molar-refractivity contribution in [3.05, 3.63) is 35.1 Å². The maximum absolute atomic E-state index is 13.3. The molecule has 1 aromatic rings. The highest BCUT2D eigenvalue weighted by Gasteiger charge is 2.22. The summed E-state index contributed by atoms with van der Waals surface area (Å²) in [4.78, 5) is 11.7. The lowest BCUT2D eigenvalue weighted by atomic mass is 10.0. The summed E-state index contributed by atoms with van der Waals surface area (Å²) < 4.78 is 39.3. The van der Waals surface area contributed by atoms with Gasteiger partial charge in [-0.3, -0.25) is 4.79 Å². The minimum atomic E-state index is -1.26. The molecule has 0 aliphatic heterocycles. The van der Waals surface area contributed by atoms with E-state index in [1.165, 1.54) is 0 Å². The lowest BCUT2D eigenvalue weighted by molar-refractivity contribution is 0.0929. The predicted octanol–water partition coefficient (Wildman–Crippen LogP) is 2.49. The Bertz CT molecular complexity index is 482. The smallest absolute Gasteiger partial charge is 0.258 e. The Kier molecular flexibility index (Phi) is 4.38.